The van der Waals surface area contributed by atoms with Gasteiger partial charge in [0, 0.05) is 14.5 Å². The first kappa shape index (κ1) is 14.7. The van der Waals surface area contributed by atoms with E-state index in [9.17, 15) is 4.39 Å². The van der Waals surface area contributed by atoms with Gasteiger partial charge in [0.25, 0.3) is 0 Å². The molecule has 0 aliphatic carbocycles. The van der Waals surface area contributed by atoms with Crippen LogP contribution in [0.5, 0.6) is 0 Å². The molecule has 0 bridgehead atoms. The zero-order valence-corrected chi connectivity index (χ0v) is 13.6. The maximum Gasteiger partial charge on any atom is 0.126 e. The van der Waals surface area contributed by atoms with E-state index in [0.717, 1.165) is 14.5 Å². The minimum Gasteiger partial charge on any atom is -0.321 e. The summed E-state index contributed by atoms with van der Waals surface area (Å²) in [6, 6.07) is 12.7. The van der Waals surface area contributed by atoms with E-state index in [1.165, 1.54) is 6.07 Å². The van der Waals surface area contributed by atoms with Crippen molar-refractivity contribution in [3.05, 3.63) is 68.4 Å². The Hall–Kier alpha value is -0.710. The normalized spacial score (nSPS) is 14.2. The Morgan fingerprint density at radius 3 is 2.26 bits per heavy atom. The summed E-state index contributed by atoms with van der Waals surface area (Å²) in [7, 11) is 0. The average Bonchev–Trinajstić information content (AvgIpc) is 2.34. The summed E-state index contributed by atoms with van der Waals surface area (Å²) in [5.41, 5.74) is 7.33. The van der Waals surface area contributed by atoms with E-state index in [1.54, 1.807) is 12.1 Å². The maximum absolute atomic E-state index is 13.8. The van der Waals surface area contributed by atoms with Gasteiger partial charge in [-0.25, -0.2) is 4.39 Å². The van der Waals surface area contributed by atoms with E-state index < -0.39 is 5.54 Å². The summed E-state index contributed by atoms with van der Waals surface area (Å²) in [5, 5.41) is 0. The van der Waals surface area contributed by atoms with Crippen LogP contribution in [0, 0.1) is 5.82 Å². The lowest BCUT2D eigenvalue weighted by atomic mass is 9.86. The molecule has 1 unspecified atom stereocenters. The van der Waals surface area contributed by atoms with Gasteiger partial charge < -0.3 is 5.73 Å². The number of rotatable bonds is 3. The van der Waals surface area contributed by atoms with E-state index in [0.29, 0.717) is 12.0 Å². The smallest absolute Gasteiger partial charge is 0.126 e. The van der Waals surface area contributed by atoms with E-state index in [-0.39, 0.29) is 5.82 Å². The Balaban J connectivity index is 2.30. The van der Waals surface area contributed by atoms with E-state index in [4.69, 9.17) is 5.73 Å². The molecule has 2 aromatic carbocycles. The molecule has 1 atom stereocenters. The standard InChI is InChI=1S/C15H14Br2FN/c1-15(19,11-2-4-12(16)5-3-11)9-10-8-13(17)6-7-14(10)18/h2-8H,9,19H2,1H3. The third kappa shape index (κ3) is 3.65. The molecule has 0 fully saturated rings. The summed E-state index contributed by atoms with van der Waals surface area (Å²) >= 11 is 6.75. The molecule has 2 N–H and O–H groups in total. The summed E-state index contributed by atoms with van der Waals surface area (Å²) in [6.45, 7) is 1.91. The molecule has 100 valence electrons. The molecular formula is C15H14Br2FN. The highest BCUT2D eigenvalue weighted by Gasteiger charge is 2.23. The molecule has 19 heavy (non-hydrogen) atoms. The van der Waals surface area contributed by atoms with Gasteiger partial charge in [-0.3, -0.25) is 0 Å². The molecule has 0 aliphatic heterocycles. The fraction of sp³-hybridized carbons (Fsp3) is 0.200. The summed E-state index contributed by atoms with van der Waals surface area (Å²) < 4.78 is 15.7. The minimum atomic E-state index is -0.609. The van der Waals surface area contributed by atoms with Gasteiger partial charge in [-0.1, -0.05) is 44.0 Å². The lowest BCUT2D eigenvalue weighted by Crippen LogP contribution is -2.35. The number of hydrogen-bond donors (Lipinski definition) is 1. The van der Waals surface area contributed by atoms with Crippen LogP contribution >= 0.6 is 31.9 Å². The summed E-state index contributed by atoms with van der Waals surface area (Å²) in [4.78, 5) is 0. The Kier molecular flexibility index (Phi) is 4.43. The fourth-order valence-electron chi connectivity index (χ4n) is 2.01. The number of halogens is 3. The van der Waals surface area contributed by atoms with Gasteiger partial charge in [-0.15, -0.1) is 0 Å². The second-order valence-corrected chi connectivity index (χ2v) is 6.67. The zero-order chi connectivity index (χ0) is 14.0. The van der Waals surface area contributed by atoms with Crippen molar-refractivity contribution in [2.45, 2.75) is 18.9 Å². The highest BCUT2D eigenvalue weighted by molar-refractivity contribution is 9.10. The topological polar surface area (TPSA) is 26.0 Å². The van der Waals surface area contributed by atoms with Crippen molar-refractivity contribution in [2.24, 2.45) is 5.73 Å². The maximum atomic E-state index is 13.8. The van der Waals surface area contributed by atoms with Crippen LogP contribution in [0.4, 0.5) is 4.39 Å². The fourth-order valence-corrected chi connectivity index (χ4v) is 2.68. The van der Waals surface area contributed by atoms with Crippen LogP contribution in [-0.4, -0.2) is 0 Å². The van der Waals surface area contributed by atoms with Crippen LogP contribution in [0.15, 0.2) is 51.4 Å². The van der Waals surface area contributed by atoms with Gasteiger partial charge in [0.1, 0.15) is 5.82 Å². The van der Waals surface area contributed by atoms with Crippen molar-refractivity contribution < 1.29 is 4.39 Å². The van der Waals surface area contributed by atoms with Crippen LogP contribution < -0.4 is 5.73 Å². The number of nitrogens with two attached hydrogens (primary N) is 1. The van der Waals surface area contributed by atoms with Crippen molar-refractivity contribution in [1.82, 2.24) is 0 Å². The molecule has 1 nitrogen and oxygen atoms in total. The van der Waals surface area contributed by atoms with Gasteiger partial charge in [-0.05, 0) is 54.8 Å². The highest BCUT2D eigenvalue weighted by Crippen LogP contribution is 2.26. The molecule has 0 heterocycles. The monoisotopic (exact) mass is 385 g/mol. The van der Waals surface area contributed by atoms with Crippen molar-refractivity contribution >= 4 is 31.9 Å². The first-order valence-electron chi connectivity index (χ1n) is 5.87. The molecule has 2 rings (SSSR count). The molecule has 4 heteroatoms. The molecule has 0 saturated carbocycles. The second kappa shape index (κ2) is 5.73. The molecule has 0 aromatic heterocycles. The second-order valence-electron chi connectivity index (χ2n) is 4.84. The quantitative estimate of drug-likeness (QED) is 0.807. The summed E-state index contributed by atoms with van der Waals surface area (Å²) in [5.74, 6) is -0.225. The SMILES string of the molecule is CC(N)(Cc1cc(Br)ccc1F)c1ccc(Br)cc1. The first-order valence-corrected chi connectivity index (χ1v) is 7.46. The van der Waals surface area contributed by atoms with Crippen LogP contribution in [0.3, 0.4) is 0 Å². The number of benzene rings is 2. The van der Waals surface area contributed by atoms with Crippen molar-refractivity contribution in [3.8, 4) is 0 Å². The average molecular weight is 387 g/mol. The lowest BCUT2D eigenvalue weighted by molar-refractivity contribution is 0.475. The van der Waals surface area contributed by atoms with Gasteiger partial charge in [0.05, 0.1) is 0 Å². The van der Waals surface area contributed by atoms with E-state index in [1.807, 2.05) is 31.2 Å². The summed E-state index contributed by atoms with van der Waals surface area (Å²) in [6.07, 6.45) is 0.444. The third-order valence-corrected chi connectivity index (χ3v) is 4.09. The molecule has 0 spiro atoms. The Labute approximate surface area is 129 Å². The largest absolute Gasteiger partial charge is 0.321 e. The Morgan fingerprint density at radius 1 is 1.05 bits per heavy atom. The molecule has 0 aliphatic rings. The zero-order valence-electron chi connectivity index (χ0n) is 10.5. The van der Waals surface area contributed by atoms with E-state index >= 15 is 0 Å². The molecule has 0 saturated heterocycles. The van der Waals surface area contributed by atoms with Gasteiger partial charge in [0.2, 0.25) is 0 Å². The van der Waals surface area contributed by atoms with Gasteiger partial charge in [-0.2, -0.15) is 0 Å². The lowest BCUT2D eigenvalue weighted by Gasteiger charge is -2.26. The van der Waals surface area contributed by atoms with Crippen molar-refractivity contribution in [3.63, 3.8) is 0 Å². The molecule has 0 radical (unpaired) electrons. The van der Waals surface area contributed by atoms with Crippen LogP contribution in [0.2, 0.25) is 0 Å². The Morgan fingerprint density at radius 2 is 1.63 bits per heavy atom. The van der Waals surface area contributed by atoms with Crippen LogP contribution in [-0.2, 0) is 12.0 Å². The third-order valence-electron chi connectivity index (χ3n) is 3.07. The minimum absolute atomic E-state index is 0.225. The van der Waals surface area contributed by atoms with E-state index in [2.05, 4.69) is 31.9 Å². The predicted molar refractivity (Wildman–Crippen MR) is 83.5 cm³/mol. The number of hydrogen-bond acceptors (Lipinski definition) is 1. The first-order chi connectivity index (χ1) is 8.88. The molecule has 0 amide bonds. The van der Waals surface area contributed by atoms with Crippen molar-refractivity contribution in [1.29, 1.82) is 0 Å². The van der Waals surface area contributed by atoms with Crippen molar-refractivity contribution in [2.75, 3.05) is 0 Å². The Bertz CT molecular complexity index is 579. The molecule has 2 aromatic rings. The van der Waals surface area contributed by atoms with Gasteiger partial charge >= 0.3 is 0 Å². The molecular weight excluding hydrogens is 373 g/mol. The van der Waals surface area contributed by atoms with Crippen LogP contribution in [0.25, 0.3) is 0 Å². The van der Waals surface area contributed by atoms with Gasteiger partial charge in [0.15, 0.2) is 0 Å². The highest BCUT2D eigenvalue weighted by atomic mass is 79.9. The predicted octanol–water partition coefficient (Wildman–Crippen LogP) is 4.77. The van der Waals surface area contributed by atoms with Crippen LogP contribution in [0.1, 0.15) is 18.1 Å².